The van der Waals surface area contributed by atoms with E-state index >= 15 is 0 Å². The quantitative estimate of drug-likeness (QED) is 0.839. The van der Waals surface area contributed by atoms with Crippen molar-refractivity contribution in [3.63, 3.8) is 0 Å². The fourth-order valence-electron chi connectivity index (χ4n) is 3.79. The van der Waals surface area contributed by atoms with E-state index in [4.69, 9.17) is 4.74 Å². The Morgan fingerprint density at radius 2 is 2.08 bits per heavy atom. The van der Waals surface area contributed by atoms with Crippen molar-refractivity contribution in [1.29, 1.82) is 0 Å². The van der Waals surface area contributed by atoms with Crippen LogP contribution in [0.25, 0.3) is 10.9 Å². The molecule has 6 heteroatoms. The molecule has 2 aromatic rings. The summed E-state index contributed by atoms with van der Waals surface area (Å²) in [5.74, 6) is 1.97. The van der Waals surface area contributed by atoms with E-state index in [9.17, 15) is 9.59 Å². The van der Waals surface area contributed by atoms with Crippen molar-refractivity contribution in [2.75, 3.05) is 18.1 Å². The van der Waals surface area contributed by atoms with Crippen molar-refractivity contribution in [2.45, 2.75) is 23.8 Å². The van der Waals surface area contributed by atoms with Gasteiger partial charge in [-0.05, 0) is 13.0 Å². The van der Waals surface area contributed by atoms with Gasteiger partial charge < -0.3 is 9.72 Å². The first-order valence-corrected chi connectivity index (χ1v) is 10.2. The highest BCUT2D eigenvalue weighted by atomic mass is 32.2. The number of ether oxygens (including phenoxy) is 1. The standard InChI is InChI=1S/C18H19NO3S2/c1-2-22-15(21)10-11-9-14(20)16-12-5-3-4-6-13(12)19-17(16)18(11)23-7-8-24-18/h3-6,11,19H,2,7-10H2,1H3. The lowest BCUT2D eigenvalue weighted by Crippen LogP contribution is -2.36. The van der Waals surface area contributed by atoms with Crippen LogP contribution in [-0.2, 0) is 13.6 Å². The summed E-state index contributed by atoms with van der Waals surface area (Å²) in [6.07, 6.45) is 0.710. The van der Waals surface area contributed by atoms with Crippen molar-refractivity contribution in [3.8, 4) is 0 Å². The van der Waals surface area contributed by atoms with Crippen LogP contribution in [0.15, 0.2) is 24.3 Å². The molecule has 0 amide bonds. The fourth-order valence-corrected chi connectivity index (χ4v) is 7.30. The van der Waals surface area contributed by atoms with Crippen LogP contribution in [0.4, 0.5) is 0 Å². The summed E-state index contributed by atoms with van der Waals surface area (Å²) in [6, 6.07) is 7.97. The molecule has 0 bridgehead atoms. The number of aromatic amines is 1. The van der Waals surface area contributed by atoms with Gasteiger partial charge in [0.05, 0.1) is 18.7 Å². The fraction of sp³-hybridized carbons (Fsp3) is 0.444. The van der Waals surface area contributed by atoms with Gasteiger partial charge in [0, 0.05) is 40.3 Å². The van der Waals surface area contributed by atoms with E-state index in [1.165, 1.54) is 0 Å². The molecule has 2 heterocycles. The molecule has 1 aliphatic carbocycles. The van der Waals surface area contributed by atoms with Crippen molar-refractivity contribution in [3.05, 3.63) is 35.5 Å². The minimum atomic E-state index is -0.241. The van der Waals surface area contributed by atoms with E-state index in [0.29, 0.717) is 19.4 Å². The third kappa shape index (κ3) is 2.39. The zero-order chi connectivity index (χ0) is 16.7. The topological polar surface area (TPSA) is 59.2 Å². The SMILES string of the molecule is CCOC(=O)CC1CC(=O)c2c([nH]c3ccccc23)C12SCCS2. The van der Waals surface area contributed by atoms with Crippen LogP contribution in [0.2, 0.25) is 0 Å². The minimum absolute atomic E-state index is 0.0258. The first-order valence-electron chi connectivity index (χ1n) is 8.23. The molecule has 1 spiro atoms. The number of hydrogen-bond donors (Lipinski definition) is 1. The summed E-state index contributed by atoms with van der Waals surface area (Å²) < 4.78 is 4.91. The Morgan fingerprint density at radius 3 is 2.83 bits per heavy atom. The Balaban J connectivity index is 1.83. The van der Waals surface area contributed by atoms with Gasteiger partial charge in [-0.1, -0.05) is 18.2 Å². The van der Waals surface area contributed by atoms with Gasteiger partial charge in [-0.2, -0.15) is 0 Å². The summed E-state index contributed by atoms with van der Waals surface area (Å²) in [6.45, 7) is 2.19. The van der Waals surface area contributed by atoms with Crippen molar-refractivity contribution in [1.82, 2.24) is 4.98 Å². The maximum Gasteiger partial charge on any atom is 0.306 e. The summed E-state index contributed by atoms with van der Waals surface area (Å²) in [7, 11) is 0. The molecule has 0 radical (unpaired) electrons. The molecule has 1 aromatic heterocycles. The third-order valence-corrected chi connectivity index (χ3v) is 8.45. The van der Waals surface area contributed by atoms with E-state index in [1.54, 1.807) is 0 Å². The zero-order valence-electron chi connectivity index (χ0n) is 13.5. The average Bonchev–Trinajstić information content (AvgIpc) is 3.19. The van der Waals surface area contributed by atoms with Crippen molar-refractivity contribution < 1.29 is 14.3 Å². The number of H-pyrrole nitrogens is 1. The molecular weight excluding hydrogens is 342 g/mol. The highest BCUT2D eigenvalue weighted by molar-refractivity contribution is 8.20. The Kier molecular flexibility index (Phi) is 4.12. The Morgan fingerprint density at radius 1 is 1.33 bits per heavy atom. The normalized spacial score (nSPS) is 22.0. The molecule has 1 saturated heterocycles. The van der Waals surface area contributed by atoms with Crippen LogP contribution in [0, 0.1) is 5.92 Å². The number of benzene rings is 1. The number of thioether (sulfide) groups is 2. The summed E-state index contributed by atoms with van der Waals surface area (Å²) in [5.41, 5.74) is 2.83. The smallest absolute Gasteiger partial charge is 0.306 e. The Labute approximate surface area is 149 Å². The molecule has 0 saturated carbocycles. The largest absolute Gasteiger partial charge is 0.466 e. The van der Waals surface area contributed by atoms with Gasteiger partial charge in [0.25, 0.3) is 0 Å². The lowest BCUT2D eigenvalue weighted by molar-refractivity contribution is -0.144. The van der Waals surface area contributed by atoms with Crippen LogP contribution in [0.3, 0.4) is 0 Å². The van der Waals surface area contributed by atoms with Gasteiger partial charge in [-0.3, -0.25) is 9.59 Å². The van der Waals surface area contributed by atoms with E-state index < -0.39 is 0 Å². The van der Waals surface area contributed by atoms with E-state index in [2.05, 4.69) is 4.98 Å². The van der Waals surface area contributed by atoms with E-state index in [0.717, 1.165) is 33.7 Å². The van der Waals surface area contributed by atoms with E-state index in [-0.39, 0.29) is 21.7 Å². The number of aromatic nitrogens is 1. The molecular formula is C18H19NO3S2. The number of ketones is 1. The number of rotatable bonds is 3. The molecule has 1 N–H and O–H groups in total. The second-order valence-electron chi connectivity index (χ2n) is 6.12. The molecule has 24 heavy (non-hydrogen) atoms. The van der Waals surface area contributed by atoms with E-state index in [1.807, 2.05) is 54.7 Å². The molecule has 2 aliphatic rings. The molecule has 1 aliphatic heterocycles. The first-order chi connectivity index (χ1) is 11.7. The zero-order valence-corrected chi connectivity index (χ0v) is 15.1. The van der Waals surface area contributed by atoms with Crippen LogP contribution in [-0.4, -0.2) is 34.8 Å². The Bertz CT molecular complexity index is 808. The highest BCUT2D eigenvalue weighted by Crippen LogP contribution is 2.61. The predicted molar refractivity (Wildman–Crippen MR) is 98.6 cm³/mol. The molecule has 1 aromatic carbocycles. The third-order valence-electron chi connectivity index (χ3n) is 4.74. The van der Waals surface area contributed by atoms with Crippen LogP contribution >= 0.6 is 23.5 Å². The van der Waals surface area contributed by atoms with Crippen LogP contribution in [0.1, 0.15) is 35.8 Å². The second-order valence-corrected chi connectivity index (χ2v) is 9.06. The molecule has 4 rings (SSSR count). The highest BCUT2D eigenvalue weighted by Gasteiger charge is 2.52. The second kappa shape index (κ2) is 6.15. The number of nitrogens with one attached hydrogen (secondary N) is 1. The van der Waals surface area contributed by atoms with Crippen molar-refractivity contribution in [2.24, 2.45) is 5.92 Å². The maximum absolute atomic E-state index is 12.9. The number of fused-ring (bicyclic) bond motifs is 4. The molecule has 1 fully saturated rings. The lowest BCUT2D eigenvalue weighted by Gasteiger charge is -2.38. The van der Waals surface area contributed by atoms with Gasteiger partial charge >= 0.3 is 5.97 Å². The number of Topliss-reactive ketones (excluding diaryl/α,β-unsaturated/α-hetero) is 1. The number of carbonyl (C=O) groups excluding carboxylic acids is 2. The number of hydrogen-bond acceptors (Lipinski definition) is 5. The van der Waals surface area contributed by atoms with Gasteiger partial charge in [-0.25, -0.2) is 0 Å². The van der Waals surface area contributed by atoms with Gasteiger partial charge in [0.15, 0.2) is 5.78 Å². The molecule has 1 unspecified atom stereocenters. The summed E-state index contributed by atoms with van der Waals surface area (Å²) >= 11 is 3.73. The number of para-hydroxylation sites is 1. The summed E-state index contributed by atoms with van der Waals surface area (Å²) in [5, 5.41) is 1.000. The first kappa shape index (κ1) is 16.1. The number of carbonyl (C=O) groups is 2. The van der Waals surface area contributed by atoms with Gasteiger partial charge in [0.2, 0.25) is 0 Å². The molecule has 1 atom stereocenters. The average molecular weight is 361 g/mol. The Hall–Kier alpha value is -1.40. The predicted octanol–water partition coefficient (Wildman–Crippen LogP) is 3.96. The maximum atomic E-state index is 12.9. The lowest BCUT2D eigenvalue weighted by atomic mass is 9.83. The van der Waals surface area contributed by atoms with Crippen LogP contribution in [0.5, 0.6) is 0 Å². The monoisotopic (exact) mass is 361 g/mol. The van der Waals surface area contributed by atoms with Crippen LogP contribution < -0.4 is 0 Å². The van der Waals surface area contributed by atoms with Gasteiger partial charge in [-0.15, -0.1) is 23.5 Å². The minimum Gasteiger partial charge on any atom is -0.466 e. The number of esters is 1. The molecule has 4 nitrogen and oxygen atoms in total. The van der Waals surface area contributed by atoms with Gasteiger partial charge in [0.1, 0.15) is 4.08 Å². The molecule has 126 valence electrons. The summed E-state index contributed by atoms with van der Waals surface area (Å²) in [4.78, 5) is 28.4. The van der Waals surface area contributed by atoms with Crippen molar-refractivity contribution >= 4 is 46.2 Å².